The van der Waals surface area contributed by atoms with Crippen LogP contribution in [0.15, 0.2) is 10.8 Å². The molecule has 0 saturated carbocycles. The number of aromatic nitrogens is 1. The first-order valence-corrected chi connectivity index (χ1v) is 9.06. The maximum Gasteiger partial charge on any atom is 0.222 e. The molecule has 1 aromatic rings. The van der Waals surface area contributed by atoms with E-state index in [-0.39, 0.29) is 0 Å². The minimum atomic E-state index is 0.378. The number of piperidine rings is 3. The molecule has 0 N–H and O–H groups in total. The van der Waals surface area contributed by atoms with Gasteiger partial charge in [0.15, 0.2) is 6.39 Å². The van der Waals surface area contributed by atoms with Crippen LogP contribution in [0.25, 0.3) is 0 Å². The van der Waals surface area contributed by atoms with Crippen molar-refractivity contribution < 1.29 is 9.21 Å². The van der Waals surface area contributed by atoms with Crippen LogP contribution in [0.3, 0.4) is 0 Å². The number of hydrogen-bond acceptors (Lipinski definition) is 4. The van der Waals surface area contributed by atoms with E-state index in [1.54, 1.807) is 6.39 Å². The second-order valence-corrected chi connectivity index (χ2v) is 7.88. The van der Waals surface area contributed by atoms with Gasteiger partial charge in [0.05, 0.1) is 5.69 Å². The Morgan fingerprint density at radius 2 is 2.22 bits per heavy atom. The molecule has 3 aliphatic rings. The van der Waals surface area contributed by atoms with Crippen LogP contribution >= 0.6 is 0 Å². The molecule has 4 rings (SSSR count). The molecule has 23 heavy (non-hydrogen) atoms. The maximum absolute atomic E-state index is 12.2. The molecular formula is C18H27N3O2. The summed E-state index contributed by atoms with van der Waals surface area (Å²) in [7, 11) is 0. The molecule has 2 bridgehead atoms. The van der Waals surface area contributed by atoms with Crippen molar-refractivity contribution in [1.82, 2.24) is 14.8 Å². The third-order valence-corrected chi connectivity index (χ3v) is 5.83. The van der Waals surface area contributed by atoms with Crippen molar-refractivity contribution in [3.05, 3.63) is 17.8 Å². The fraction of sp³-hybridized carbons (Fsp3) is 0.778. The Hall–Kier alpha value is -1.36. The summed E-state index contributed by atoms with van der Waals surface area (Å²) in [6, 6.07) is 0.483. The van der Waals surface area contributed by atoms with E-state index in [1.807, 2.05) is 0 Å². The first kappa shape index (κ1) is 15.2. The van der Waals surface area contributed by atoms with Gasteiger partial charge in [-0.3, -0.25) is 9.69 Å². The number of fused-ring (bicyclic) bond motifs is 4. The van der Waals surface area contributed by atoms with Gasteiger partial charge in [0, 0.05) is 44.6 Å². The fourth-order valence-electron chi connectivity index (χ4n) is 4.92. The second kappa shape index (κ2) is 5.93. The lowest BCUT2D eigenvalue weighted by Gasteiger charge is -2.52. The highest BCUT2D eigenvalue weighted by Crippen LogP contribution is 2.38. The maximum atomic E-state index is 12.2. The first-order valence-electron chi connectivity index (χ1n) is 9.06. The number of nitrogens with zero attached hydrogens (tertiary/aromatic N) is 3. The molecule has 0 aliphatic carbocycles. The Kier molecular flexibility index (Phi) is 3.92. The summed E-state index contributed by atoms with van der Waals surface area (Å²) in [6.07, 6.45) is 5.90. The zero-order valence-corrected chi connectivity index (χ0v) is 14.2. The minimum Gasteiger partial charge on any atom is -0.448 e. The van der Waals surface area contributed by atoms with Crippen molar-refractivity contribution in [1.29, 1.82) is 0 Å². The smallest absolute Gasteiger partial charge is 0.222 e. The fourth-order valence-corrected chi connectivity index (χ4v) is 4.92. The van der Waals surface area contributed by atoms with E-state index < -0.39 is 0 Å². The zero-order chi connectivity index (χ0) is 16.0. The summed E-state index contributed by atoms with van der Waals surface area (Å²) in [5, 5.41) is 0. The third kappa shape index (κ3) is 2.80. The average Bonchev–Trinajstić information content (AvgIpc) is 2.97. The van der Waals surface area contributed by atoms with Crippen LogP contribution in [0.1, 0.15) is 56.9 Å². The van der Waals surface area contributed by atoms with Crippen LogP contribution in [0, 0.1) is 11.8 Å². The van der Waals surface area contributed by atoms with Crippen molar-refractivity contribution in [3.8, 4) is 0 Å². The summed E-state index contributed by atoms with van der Waals surface area (Å²) < 4.78 is 5.57. The van der Waals surface area contributed by atoms with Gasteiger partial charge in [-0.2, -0.15) is 0 Å². The van der Waals surface area contributed by atoms with Crippen molar-refractivity contribution >= 4 is 5.91 Å². The van der Waals surface area contributed by atoms with Gasteiger partial charge in [-0.25, -0.2) is 4.98 Å². The molecule has 0 spiro atoms. The summed E-state index contributed by atoms with van der Waals surface area (Å²) in [6.45, 7) is 8.33. The molecule has 3 fully saturated rings. The molecule has 5 heteroatoms. The van der Waals surface area contributed by atoms with E-state index in [2.05, 4.69) is 28.6 Å². The molecular weight excluding hydrogens is 290 g/mol. The Morgan fingerprint density at radius 3 is 3.04 bits per heavy atom. The van der Waals surface area contributed by atoms with Gasteiger partial charge in [-0.15, -0.1) is 0 Å². The number of amides is 1. The highest BCUT2D eigenvalue weighted by Gasteiger charge is 2.43. The molecule has 0 aromatic carbocycles. The first-order chi connectivity index (χ1) is 11.1. The van der Waals surface area contributed by atoms with Gasteiger partial charge in [0.1, 0.15) is 5.76 Å². The van der Waals surface area contributed by atoms with Crippen molar-refractivity contribution in [3.63, 3.8) is 0 Å². The minimum absolute atomic E-state index is 0.378. The lowest BCUT2D eigenvalue weighted by molar-refractivity contribution is -0.145. The van der Waals surface area contributed by atoms with Crippen LogP contribution < -0.4 is 0 Å². The quantitative estimate of drug-likeness (QED) is 0.860. The Bertz CT molecular complexity index is 583. The molecule has 5 nitrogen and oxygen atoms in total. The number of carbonyl (C=O) groups is 1. The van der Waals surface area contributed by atoms with Crippen LogP contribution in [0.5, 0.6) is 0 Å². The van der Waals surface area contributed by atoms with Crippen LogP contribution in [-0.4, -0.2) is 46.4 Å². The standard InChI is InChI=1S/C18H27N3O2/c1-12(2)18-15(19-11-23-18)10-20-7-13-6-14(9-20)16-4-3-5-17(22)21(16)8-13/h11-14,16H,3-10H2,1-2H3/t13-,14-,16-/m0/s1. The van der Waals surface area contributed by atoms with Crippen LogP contribution in [0.4, 0.5) is 0 Å². The predicted molar refractivity (Wildman–Crippen MR) is 86.8 cm³/mol. The highest BCUT2D eigenvalue weighted by atomic mass is 16.3. The van der Waals surface area contributed by atoms with E-state index in [4.69, 9.17) is 4.42 Å². The third-order valence-electron chi connectivity index (χ3n) is 5.83. The predicted octanol–water partition coefficient (Wildman–Crippen LogP) is 2.63. The van der Waals surface area contributed by atoms with E-state index in [9.17, 15) is 4.79 Å². The van der Waals surface area contributed by atoms with Gasteiger partial charge < -0.3 is 9.32 Å². The molecule has 3 atom stereocenters. The number of oxazole rings is 1. The summed E-state index contributed by atoms with van der Waals surface area (Å²) in [4.78, 5) is 21.4. The van der Waals surface area contributed by atoms with Crippen molar-refractivity contribution in [2.24, 2.45) is 11.8 Å². The van der Waals surface area contributed by atoms with Crippen LogP contribution in [-0.2, 0) is 11.3 Å². The molecule has 4 heterocycles. The number of rotatable bonds is 3. The zero-order valence-electron chi connectivity index (χ0n) is 14.2. The SMILES string of the molecule is CC(C)c1ocnc1CN1C[C@@H]2C[C@@H](C1)[C@@H]1CCCC(=O)N1C2. The van der Waals surface area contributed by atoms with Gasteiger partial charge in [-0.1, -0.05) is 13.8 Å². The van der Waals surface area contributed by atoms with Gasteiger partial charge in [0.2, 0.25) is 5.91 Å². The largest absolute Gasteiger partial charge is 0.448 e. The molecule has 3 saturated heterocycles. The Balaban J connectivity index is 1.47. The number of likely N-dealkylation sites (tertiary alicyclic amines) is 1. The van der Waals surface area contributed by atoms with E-state index in [0.29, 0.717) is 29.7 Å². The molecule has 0 unspecified atom stereocenters. The monoisotopic (exact) mass is 317 g/mol. The Morgan fingerprint density at radius 1 is 1.35 bits per heavy atom. The van der Waals surface area contributed by atoms with Gasteiger partial charge in [0.25, 0.3) is 0 Å². The second-order valence-electron chi connectivity index (χ2n) is 7.88. The lowest BCUT2D eigenvalue weighted by atomic mass is 9.76. The number of carbonyl (C=O) groups excluding carboxylic acids is 1. The molecule has 1 amide bonds. The topological polar surface area (TPSA) is 49.6 Å². The van der Waals surface area contributed by atoms with E-state index >= 15 is 0 Å². The van der Waals surface area contributed by atoms with Crippen LogP contribution in [0.2, 0.25) is 0 Å². The summed E-state index contributed by atoms with van der Waals surface area (Å²) in [5.74, 6) is 3.06. The van der Waals surface area contributed by atoms with Crippen molar-refractivity contribution in [2.75, 3.05) is 19.6 Å². The summed E-state index contributed by atoms with van der Waals surface area (Å²) in [5.41, 5.74) is 1.09. The summed E-state index contributed by atoms with van der Waals surface area (Å²) >= 11 is 0. The molecule has 3 aliphatic heterocycles. The normalized spacial score (nSPS) is 31.5. The van der Waals surface area contributed by atoms with Gasteiger partial charge >= 0.3 is 0 Å². The molecule has 1 aromatic heterocycles. The number of hydrogen-bond donors (Lipinski definition) is 0. The van der Waals surface area contributed by atoms with Gasteiger partial charge in [-0.05, 0) is 31.1 Å². The average molecular weight is 317 g/mol. The van der Waals surface area contributed by atoms with Crippen molar-refractivity contribution in [2.45, 2.75) is 58.0 Å². The molecule has 0 radical (unpaired) electrons. The highest BCUT2D eigenvalue weighted by molar-refractivity contribution is 5.77. The molecule has 126 valence electrons. The van der Waals surface area contributed by atoms with E-state index in [0.717, 1.165) is 50.5 Å². The Labute approximate surface area is 138 Å². The lowest BCUT2D eigenvalue weighted by Crippen LogP contribution is -2.60. The van der Waals surface area contributed by atoms with E-state index in [1.165, 1.54) is 12.8 Å².